The number of benzene rings is 2. The average Bonchev–Trinajstić information content (AvgIpc) is 3.08. The number of thiocarbonyl (C=S) groups is 1. The molecular weight excluding hydrogens is 470 g/mol. The quantitative estimate of drug-likeness (QED) is 0.379. The molecule has 1 aliphatic heterocycles. The molecule has 2 amide bonds. The molecule has 1 fully saturated rings. The van der Waals surface area contributed by atoms with Gasteiger partial charge in [0.1, 0.15) is 5.54 Å². The van der Waals surface area contributed by atoms with E-state index in [1.807, 2.05) is 0 Å². The van der Waals surface area contributed by atoms with Crippen molar-refractivity contribution in [1.29, 1.82) is 0 Å². The summed E-state index contributed by atoms with van der Waals surface area (Å²) in [7, 11) is 0. The maximum atomic E-state index is 13.2. The molecule has 2 atom stereocenters. The van der Waals surface area contributed by atoms with Gasteiger partial charge in [-0.2, -0.15) is 26.3 Å². The van der Waals surface area contributed by atoms with Gasteiger partial charge in [-0.05, 0) is 36.2 Å². The number of carbonyl (C=O) groups excluding carboxylic acids is 1. The van der Waals surface area contributed by atoms with Crippen molar-refractivity contribution >= 4 is 23.7 Å². The van der Waals surface area contributed by atoms with Crippen molar-refractivity contribution in [3.63, 3.8) is 0 Å². The predicted molar refractivity (Wildman–Crippen MR) is 115 cm³/mol. The van der Waals surface area contributed by atoms with E-state index in [9.17, 15) is 31.1 Å². The Bertz CT molecular complexity index is 964. The summed E-state index contributed by atoms with van der Waals surface area (Å²) in [6.45, 7) is 1.23. The summed E-state index contributed by atoms with van der Waals surface area (Å²) in [5, 5.41) is 2.77. The van der Waals surface area contributed by atoms with E-state index in [0.717, 1.165) is 5.49 Å². The molecule has 0 unspecified atom stereocenters. The van der Waals surface area contributed by atoms with Crippen LogP contribution in [0.4, 0.5) is 31.1 Å². The van der Waals surface area contributed by atoms with Crippen molar-refractivity contribution in [3.05, 3.63) is 70.8 Å². The summed E-state index contributed by atoms with van der Waals surface area (Å²) in [6, 6.07) is 9.52. The van der Waals surface area contributed by atoms with Gasteiger partial charge in [0.05, 0.1) is 35.9 Å². The standard InChI is InChI=1S/C21H18F6N2O2S.CH4/c1-13(14-7-16(20(22,23)24)9-17(8-14)21(25,26)27)31-11-19(15-5-3-2-4-6-15)10-29(12-32)18(30)28-19;/h2-9,12-13H,10-11H2,1H3,(H,28,30);1H4/t13-,19-;/m1./s1. The molecule has 0 aliphatic carbocycles. The van der Waals surface area contributed by atoms with Gasteiger partial charge >= 0.3 is 18.4 Å². The van der Waals surface area contributed by atoms with Crippen molar-refractivity contribution in [2.45, 2.75) is 38.3 Å². The van der Waals surface area contributed by atoms with Crippen LogP contribution in [0.1, 0.15) is 42.7 Å². The lowest BCUT2D eigenvalue weighted by Gasteiger charge is -2.30. The minimum Gasteiger partial charge on any atom is -0.371 e. The monoisotopic (exact) mass is 492 g/mol. The summed E-state index contributed by atoms with van der Waals surface area (Å²) in [4.78, 5) is 13.5. The topological polar surface area (TPSA) is 41.6 Å². The lowest BCUT2D eigenvalue weighted by atomic mass is 9.91. The van der Waals surface area contributed by atoms with Crippen LogP contribution in [0.2, 0.25) is 0 Å². The van der Waals surface area contributed by atoms with E-state index in [0.29, 0.717) is 17.7 Å². The first-order chi connectivity index (χ1) is 14.9. The lowest BCUT2D eigenvalue weighted by molar-refractivity contribution is -0.143. The molecule has 1 N–H and O–H groups in total. The molecule has 0 bridgehead atoms. The van der Waals surface area contributed by atoms with Crippen LogP contribution in [0, 0.1) is 0 Å². The Morgan fingerprint density at radius 2 is 1.64 bits per heavy atom. The number of nitrogens with zero attached hydrogens (tertiary/aromatic N) is 1. The Balaban J connectivity index is 0.00000385. The highest BCUT2D eigenvalue weighted by Gasteiger charge is 2.44. The number of urea groups is 1. The SMILES string of the molecule is C.C[C@@H](OC[C@@]1(c2ccccc2)CN(C=S)C(=O)N1)c1cc(C(F)(F)F)cc(C(F)(F)F)c1. The number of nitrogens with one attached hydrogen (secondary N) is 1. The molecule has 3 rings (SSSR count). The Hall–Kier alpha value is -2.66. The van der Waals surface area contributed by atoms with Gasteiger partial charge < -0.3 is 10.1 Å². The average molecular weight is 492 g/mol. The molecular formula is C22H22F6N2O2S. The maximum absolute atomic E-state index is 13.2. The highest BCUT2D eigenvalue weighted by atomic mass is 32.1. The van der Waals surface area contributed by atoms with Crippen LogP contribution >= 0.6 is 12.2 Å². The summed E-state index contributed by atoms with van der Waals surface area (Å²) in [5.74, 6) is 0. The first kappa shape index (κ1) is 26.6. The molecule has 33 heavy (non-hydrogen) atoms. The normalized spacial score (nSPS) is 19.6. The van der Waals surface area contributed by atoms with Gasteiger partial charge in [-0.3, -0.25) is 4.90 Å². The fraction of sp³-hybridized carbons (Fsp3) is 0.364. The van der Waals surface area contributed by atoms with Crippen molar-refractivity contribution in [2.24, 2.45) is 0 Å². The van der Waals surface area contributed by atoms with Crippen LogP contribution in [-0.2, 0) is 22.6 Å². The molecule has 0 aromatic heterocycles. The van der Waals surface area contributed by atoms with Gasteiger partial charge in [0, 0.05) is 0 Å². The minimum absolute atomic E-state index is 0. The zero-order chi connectivity index (χ0) is 23.7. The molecule has 0 saturated carbocycles. The van der Waals surface area contributed by atoms with Crippen molar-refractivity contribution in [3.8, 4) is 0 Å². The molecule has 1 saturated heterocycles. The van der Waals surface area contributed by atoms with Crippen molar-refractivity contribution < 1.29 is 35.9 Å². The van der Waals surface area contributed by atoms with E-state index >= 15 is 0 Å². The van der Waals surface area contributed by atoms with E-state index in [4.69, 9.17) is 17.0 Å². The summed E-state index contributed by atoms with van der Waals surface area (Å²) in [5.41, 5.74) is -2.40. The van der Waals surface area contributed by atoms with Crippen LogP contribution in [-0.4, -0.2) is 29.6 Å². The van der Waals surface area contributed by atoms with E-state index < -0.39 is 41.2 Å². The highest BCUT2D eigenvalue weighted by molar-refractivity contribution is 7.78. The third kappa shape index (κ3) is 5.83. The zero-order valence-electron chi connectivity index (χ0n) is 16.6. The van der Waals surface area contributed by atoms with Gasteiger partial charge in [-0.1, -0.05) is 50.0 Å². The number of rotatable bonds is 6. The number of hydrogen-bond donors (Lipinski definition) is 1. The number of carbonyl (C=O) groups is 1. The lowest BCUT2D eigenvalue weighted by Crippen LogP contribution is -2.45. The van der Waals surface area contributed by atoms with Crippen LogP contribution in [0.25, 0.3) is 0 Å². The predicted octanol–water partition coefficient (Wildman–Crippen LogP) is 6.32. The van der Waals surface area contributed by atoms with Crippen molar-refractivity contribution in [2.75, 3.05) is 13.2 Å². The molecule has 4 nitrogen and oxygen atoms in total. The molecule has 11 heteroatoms. The number of amides is 2. The second-order valence-electron chi connectivity index (χ2n) is 7.40. The highest BCUT2D eigenvalue weighted by Crippen LogP contribution is 2.38. The van der Waals surface area contributed by atoms with Gasteiger partial charge in [0.2, 0.25) is 0 Å². The fourth-order valence-corrected chi connectivity index (χ4v) is 3.60. The van der Waals surface area contributed by atoms with Crippen LogP contribution in [0.3, 0.4) is 0 Å². The van der Waals surface area contributed by atoms with Crippen LogP contribution in [0.5, 0.6) is 0 Å². The fourth-order valence-electron chi connectivity index (χ4n) is 3.43. The van der Waals surface area contributed by atoms with Gasteiger partial charge in [-0.25, -0.2) is 4.79 Å². The van der Waals surface area contributed by atoms with Gasteiger partial charge in [-0.15, -0.1) is 0 Å². The molecule has 2 aromatic rings. The molecule has 2 aromatic carbocycles. The van der Waals surface area contributed by atoms with E-state index in [1.165, 1.54) is 11.8 Å². The molecule has 0 spiro atoms. The van der Waals surface area contributed by atoms with Gasteiger partial charge in [0.25, 0.3) is 0 Å². The molecule has 180 valence electrons. The summed E-state index contributed by atoms with van der Waals surface area (Å²) < 4.78 is 84.7. The van der Waals surface area contributed by atoms with E-state index in [1.54, 1.807) is 30.3 Å². The third-order valence-corrected chi connectivity index (χ3v) is 5.41. The summed E-state index contributed by atoms with van der Waals surface area (Å²) >= 11 is 4.84. The van der Waals surface area contributed by atoms with Crippen molar-refractivity contribution in [1.82, 2.24) is 10.2 Å². The zero-order valence-corrected chi connectivity index (χ0v) is 17.4. The van der Waals surface area contributed by atoms with E-state index in [2.05, 4.69) is 5.32 Å². The largest absolute Gasteiger partial charge is 0.416 e. The van der Waals surface area contributed by atoms with Gasteiger partial charge in [0.15, 0.2) is 0 Å². The van der Waals surface area contributed by atoms with E-state index in [-0.39, 0.29) is 32.2 Å². The number of hydrogen-bond acceptors (Lipinski definition) is 3. The first-order valence-electron chi connectivity index (χ1n) is 9.36. The Labute approximate surface area is 192 Å². The molecule has 1 aliphatic rings. The van der Waals surface area contributed by atoms with Crippen LogP contribution in [0.15, 0.2) is 48.5 Å². The smallest absolute Gasteiger partial charge is 0.371 e. The number of alkyl halides is 6. The molecule has 0 radical (unpaired) electrons. The second-order valence-corrected chi connectivity index (χ2v) is 7.61. The minimum atomic E-state index is -4.96. The first-order valence-corrected chi connectivity index (χ1v) is 9.83. The number of halogens is 6. The Morgan fingerprint density at radius 1 is 1.09 bits per heavy atom. The number of ether oxygens (including phenoxy) is 1. The third-order valence-electron chi connectivity index (χ3n) is 5.16. The Morgan fingerprint density at radius 3 is 2.09 bits per heavy atom. The summed E-state index contributed by atoms with van der Waals surface area (Å²) in [6.07, 6.45) is -11.0. The second kappa shape index (κ2) is 9.68. The Kier molecular flexibility index (Phi) is 7.80. The molecule has 1 heterocycles. The maximum Gasteiger partial charge on any atom is 0.416 e. The van der Waals surface area contributed by atoms with Crippen LogP contribution < -0.4 is 5.32 Å².